The maximum atomic E-state index is 12.9. The number of ether oxygens (including phenoxy) is 1. The summed E-state index contributed by atoms with van der Waals surface area (Å²) in [7, 11) is 1.46. The first-order valence-corrected chi connectivity index (χ1v) is 9.60. The molecule has 0 aliphatic heterocycles. The Morgan fingerprint density at radius 1 is 0.926 bits per heavy atom. The second-order valence-electron chi connectivity index (χ2n) is 4.82. The number of halogens is 3. The summed E-state index contributed by atoms with van der Waals surface area (Å²) in [6.07, 6.45) is 3.40. The molecule has 0 atom stereocenters. The average molecular weight is 442 g/mol. The molecule has 0 fully saturated rings. The van der Waals surface area contributed by atoms with Gasteiger partial charge in [-0.05, 0) is 70.5 Å². The molecule has 0 unspecified atom stereocenters. The Labute approximate surface area is 172 Å². The van der Waals surface area contributed by atoms with Gasteiger partial charge in [-0.15, -0.1) is 0 Å². The van der Waals surface area contributed by atoms with E-state index in [1.165, 1.54) is 30.8 Å². The minimum absolute atomic E-state index is 0.344. The lowest BCUT2D eigenvalue weighted by Gasteiger charge is -2.04. The standard InChI is InChI=1S/C9H6ClFN2OS.C7H4ClN3S/c1-14-7-4-5(11)2-3-6(7)8-12-9(10)15-13-8;8-7-10-6(11-12-7)5-1-3-9-4-2-5/h2-4H,1H3;1-4H. The highest BCUT2D eigenvalue weighted by Crippen LogP contribution is 2.30. The van der Waals surface area contributed by atoms with E-state index in [4.69, 9.17) is 27.9 Å². The summed E-state index contributed by atoms with van der Waals surface area (Å²) in [6.45, 7) is 0. The summed E-state index contributed by atoms with van der Waals surface area (Å²) < 4.78 is 26.8. The predicted molar refractivity (Wildman–Crippen MR) is 105 cm³/mol. The van der Waals surface area contributed by atoms with E-state index >= 15 is 0 Å². The fourth-order valence-corrected chi connectivity index (χ4v) is 3.22. The molecule has 0 amide bonds. The van der Waals surface area contributed by atoms with Crippen LogP contribution in [-0.4, -0.2) is 30.8 Å². The third kappa shape index (κ3) is 5.16. The number of rotatable bonds is 3. The smallest absolute Gasteiger partial charge is 0.203 e. The first kappa shape index (κ1) is 19.6. The monoisotopic (exact) mass is 441 g/mol. The minimum atomic E-state index is -0.364. The lowest BCUT2D eigenvalue weighted by molar-refractivity contribution is 0.412. The molecular weight excluding hydrogens is 432 g/mol. The molecule has 0 aliphatic rings. The third-order valence-corrected chi connectivity index (χ3v) is 4.74. The van der Waals surface area contributed by atoms with Gasteiger partial charge >= 0.3 is 0 Å². The van der Waals surface area contributed by atoms with Crippen LogP contribution in [0.1, 0.15) is 0 Å². The topological polar surface area (TPSA) is 73.7 Å². The van der Waals surface area contributed by atoms with Crippen LogP contribution in [0.2, 0.25) is 8.93 Å². The maximum Gasteiger partial charge on any atom is 0.203 e. The zero-order valence-electron chi connectivity index (χ0n) is 13.6. The third-order valence-electron chi connectivity index (χ3n) is 3.15. The van der Waals surface area contributed by atoms with Crippen LogP contribution in [0.4, 0.5) is 4.39 Å². The number of pyridine rings is 1. The van der Waals surface area contributed by atoms with E-state index in [9.17, 15) is 4.39 Å². The van der Waals surface area contributed by atoms with Crippen molar-refractivity contribution in [3.8, 4) is 28.5 Å². The predicted octanol–water partition coefficient (Wildman–Crippen LogP) is 5.26. The van der Waals surface area contributed by atoms with E-state index in [2.05, 4.69) is 23.7 Å². The van der Waals surface area contributed by atoms with Gasteiger partial charge in [0, 0.05) is 24.0 Å². The zero-order valence-corrected chi connectivity index (χ0v) is 16.8. The van der Waals surface area contributed by atoms with Gasteiger partial charge in [0.1, 0.15) is 11.6 Å². The van der Waals surface area contributed by atoms with Crippen molar-refractivity contribution in [3.63, 3.8) is 0 Å². The molecule has 0 saturated carbocycles. The van der Waals surface area contributed by atoms with E-state index in [1.807, 2.05) is 12.1 Å². The van der Waals surface area contributed by atoms with Gasteiger partial charge in [-0.3, -0.25) is 4.98 Å². The number of aromatic nitrogens is 5. The highest BCUT2D eigenvalue weighted by atomic mass is 35.5. The van der Waals surface area contributed by atoms with Crippen LogP contribution >= 0.6 is 46.3 Å². The normalized spacial score (nSPS) is 10.2. The number of hydrogen-bond acceptors (Lipinski definition) is 8. The molecule has 4 rings (SSSR count). The molecule has 0 saturated heterocycles. The summed E-state index contributed by atoms with van der Waals surface area (Å²) in [5.74, 6) is 1.13. The molecule has 27 heavy (non-hydrogen) atoms. The van der Waals surface area contributed by atoms with Gasteiger partial charge < -0.3 is 4.74 Å². The zero-order chi connectivity index (χ0) is 19.2. The van der Waals surface area contributed by atoms with Crippen molar-refractivity contribution in [1.82, 2.24) is 23.7 Å². The molecular formula is C16H10Cl2FN5OS2. The minimum Gasteiger partial charge on any atom is -0.496 e. The van der Waals surface area contributed by atoms with Gasteiger partial charge in [0.2, 0.25) is 8.93 Å². The van der Waals surface area contributed by atoms with Crippen molar-refractivity contribution in [3.05, 3.63) is 57.5 Å². The van der Waals surface area contributed by atoms with Crippen molar-refractivity contribution in [2.75, 3.05) is 7.11 Å². The summed E-state index contributed by atoms with van der Waals surface area (Å²) in [5, 5.41) is 0. The number of hydrogen-bond donors (Lipinski definition) is 0. The first-order chi connectivity index (χ1) is 13.1. The van der Waals surface area contributed by atoms with E-state index in [0.717, 1.165) is 17.1 Å². The van der Waals surface area contributed by atoms with E-state index in [1.54, 1.807) is 18.5 Å². The molecule has 0 bridgehead atoms. The van der Waals surface area contributed by atoms with E-state index in [0.29, 0.717) is 31.9 Å². The van der Waals surface area contributed by atoms with Crippen LogP contribution in [0.5, 0.6) is 5.75 Å². The van der Waals surface area contributed by atoms with Gasteiger partial charge in [-0.25, -0.2) is 14.4 Å². The van der Waals surface area contributed by atoms with E-state index in [-0.39, 0.29) is 5.82 Å². The SMILES string of the molecule is COc1cc(F)ccc1-c1nsc(Cl)n1.Clc1nc(-c2ccncc2)ns1. The molecule has 3 aromatic heterocycles. The molecule has 3 heterocycles. The lowest BCUT2D eigenvalue weighted by Crippen LogP contribution is -1.90. The molecule has 0 aliphatic carbocycles. The van der Waals surface area contributed by atoms with Crippen molar-refractivity contribution in [2.24, 2.45) is 0 Å². The molecule has 0 spiro atoms. The Kier molecular flexibility index (Phi) is 6.62. The lowest BCUT2D eigenvalue weighted by atomic mass is 10.2. The van der Waals surface area contributed by atoms with Gasteiger partial charge in [0.05, 0.1) is 12.7 Å². The fourth-order valence-electron chi connectivity index (χ4n) is 1.99. The Morgan fingerprint density at radius 3 is 2.11 bits per heavy atom. The van der Waals surface area contributed by atoms with Crippen LogP contribution in [0, 0.1) is 5.82 Å². The second kappa shape index (κ2) is 9.14. The Morgan fingerprint density at radius 2 is 1.56 bits per heavy atom. The van der Waals surface area contributed by atoms with Crippen LogP contribution in [0.3, 0.4) is 0 Å². The molecule has 4 aromatic rings. The number of benzene rings is 1. The fraction of sp³-hybridized carbons (Fsp3) is 0.0625. The van der Waals surface area contributed by atoms with Gasteiger partial charge in [-0.2, -0.15) is 8.75 Å². The second-order valence-corrected chi connectivity index (χ2v) is 7.49. The van der Waals surface area contributed by atoms with Crippen LogP contribution in [0.25, 0.3) is 22.8 Å². The number of nitrogens with zero attached hydrogens (tertiary/aromatic N) is 5. The molecule has 11 heteroatoms. The Balaban J connectivity index is 0.000000159. The van der Waals surface area contributed by atoms with Gasteiger partial charge in [-0.1, -0.05) is 0 Å². The molecule has 1 aromatic carbocycles. The van der Waals surface area contributed by atoms with Gasteiger partial charge in [0.15, 0.2) is 11.6 Å². The van der Waals surface area contributed by atoms with Crippen LogP contribution in [-0.2, 0) is 0 Å². The highest BCUT2D eigenvalue weighted by molar-refractivity contribution is 7.10. The van der Waals surface area contributed by atoms with Crippen molar-refractivity contribution in [2.45, 2.75) is 0 Å². The molecule has 6 nitrogen and oxygen atoms in total. The molecule has 138 valence electrons. The maximum absolute atomic E-state index is 12.9. The summed E-state index contributed by atoms with van der Waals surface area (Å²) in [6, 6.07) is 7.86. The van der Waals surface area contributed by atoms with E-state index < -0.39 is 0 Å². The summed E-state index contributed by atoms with van der Waals surface area (Å²) in [5.41, 5.74) is 1.57. The van der Waals surface area contributed by atoms with Crippen molar-refractivity contribution < 1.29 is 9.13 Å². The number of methoxy groups -OCH3 is 1. The quantitative estimate of drug-likeness (QED) is 0.431. The summed E-state index contributed by atoms with van der Waals surface area (Å²) >= 11 is 13.6. The molecule has 0 N–H and O–H groups in total. The first-order valence-electron chi connectivity index (χ1n) is 7.29. The molecule has 0 radical (unpaired) electrons. The van der Waals surface area contributed by atoms with Crippen LogP contribution in [0.15, 0.2) is 42.7 Å². The van der Waals surface area contributed by atoms with Crippen molar-refractivity contribution >= 4 is 46.3 Å². The Bertz CT molecular complexity index is 1030. The average Bonchev–Trinajstić information content (AvgIpc) is 3.31. The largest absolute Gasteiger partial charge is 0.496 e. The van der Waals surface area contributed by atoms with Crippen LogP contribution < -0.4 is 4.74 Å². The van der Waals surface area contributed by atoms with Crippen molar-refractivity contribution in [1.29, 1.82) is 0 Å². The Hall–Kier alpha value is -2.20. The van der Waals surface area contributed by atoms with Gasteiger partial charge in [0.25, 0.3) is 0 Å². The summed E-state index contributed by atoms with van der Waals surface area (Å²) in [4.78, 5) is 11.9. The highest BCUT2D eigenvalue weighted by Gasteiger charge is 2.11.